The predicted octanol–water partition coefficient (Wildman–Crippen LogP) is 5.91. The molecular weight excluding hydrogens is 436 g/mol. The Bertz CT molecular complexity index is 651. The summed E-state index contributed by atoms with van der Waals surface area (Å²) >= 11 is 17.9. The van der Waals surface area contributed by atoms with E-state index in [1.54, 1.807) is 12.1 Å². The van der Waals surface area contributed by atoms with Crippen molar-refractivity contribution in [1.82, 2.24) is 0 Å². The Hall–Kier alpha value is -0.620. The van der Waals surface area contributed by atoms with Gasteiger partial charge in [-0.15, -0.1) is 0 Å². The number of carbonyl (C=O) groups excluding carboxylic acids is 1. The molecule has 2 aromatic rings. The highest BCUT2D eigenvalue weighted by molar-refractivity contribution is 9.11. The third-order valence-corrected chi connectivity index (χ3v) is 3.83. The van der Waals surface area contributed by atoms with E-state index in [0.717, 1.165) is 8.95 Å². The summed E-state index contributed by atoms with van der Waals surface area (Å²) in [6.07, 6.45) is 0. The normalized spacial score (nSPS) is 10.4. The molecule has 0 fully saturated rings. The fourth-order valence-electron chi connectivity index (χ4n) is 1.52. The largest absolute Gasteiger partial charge is 0.322 e. The van der Waals surface area contributed by atoms with Crippen molar-refractivity contribution in [2.24, 2.45) is 0 Å². The SMILES string of the molecule is O=C(Nc1cc(Cl)c(F)c(Cl)c1)c1cc(Br)cc(Br)c1. The Labute approximate surface area is 141 Å². The number of carbonyl (C=O) groups is 1. The minimum atomic E-state index is -0.712. The van der Waals surface area contributed by atoms with Crippen LogP contribution in [-0.4, -0.2) is 5.91 Å². The molecule has 0 atom stereocenters. The zero-order valence-electron chi connectivity index (χ0n) is 9.68. The van der Waals surface area contributed by atoms with Crippen molar-refractivity contribution in [3.63, 3.8) is 0 Å². The molecule has 0 saturated carbocycles. The van der Waals surface area contributed by atoms with E-state index in [1.165, 1.54) is 12.1 Å². The summed E-state index contributed by atoms with van der Waals surface area (Å²) in [5.74, 6) is -1.07. The monoisotopic (exact) mass is 439 g/mol. The number of hydrogen-bond acceptors (Lipinski definition) is 1. The number of rotatable bonds is 2. The maximum absolute atomic E-state index is 13.3. The summed E-state index contributed by atoms with van der Waals surface area (Å²) in [6, 6.07) is 7.73. The van der Waals surface area contributed by atoms with Gasteiger partial charge >= 0.3 is 0 Å². The third-order valence-electron chi connectivity index (χ3n) is 2.37. The van der Waals surface area contributed by atoms with Crippen LogP contribution in [0.15, 0.2) is 39.3 Å². The molecule has 1 amide bonds. The van der Waals surface area contributed by atoms with Crippen LogP contribution in [0.1, 0.15) is 10.4 Å². The number of anilines is 1. The van der Waals surface area contributed by atoms with E-state index >= 15 is 0 Å². The number of benzene rings is 2. The molecule has 2 nitrogen and oxygen atoms in total. The zero-order chi connectivity index (χ0) is 14.9. The molecule has 0 bridgehead atoms. The summed E-state index contributed by atoms with van der Waals surface area (Å²) < 4.78 is 14.8. The topological polar surface area (TPSA) is 29.1 Å². The molecule has 0 aliphatic carbocycles. The van der Waals surface area contributed by atoms with Crippen molar-refractivity contribution in [3.8, 4) is 0 Å². The lowest BCUT2D eigenvalue weighted by atomic mass is 10.2. The maximum Gasteiger partial charge on any atom is 0.255 e. The average molecular weight is 442 g/mol. The van der Waals surface area contributed by atoms with Gasteiger partial charge in [0.2, 0.25) is 0 Å². The highest BCUT2D eigenvalue weighted by Crippen LogP contribution is 2.28. The highest BCUT2D eigenvalue weighted by atomic mass is 79.9. The molecule has 0 saturated heterocycles. The summed E-state index contributed by atoms with van der Waals surface area (Å²) in [7, 11) is 0. The van der Waals surface area contributed by atoms with Gasteiger partial charge in [0.05, 0.1) is 10.0 Å². The summed E-state index contributed by atoms with van der Waals surface area (Å²) in [5, 5.41) is 2.31. The zero-order valence-corrected chi connectivity index (χ0v) is 14.4. The standard InChI is InChI=1S/C13H6Br2Cl2FNO/c14-7-1-6(2-8(15)3-7)13(20)19-9-4-10(16)12(18)11(17)5-9/h1-5H,(H,19,20). The van der Waals surface area contributed by atoms with Gasteiger partial charge in [-0.2, -0.15) is 0 Å². The summed E-state index contributed by atoms with van der Waals surface area (Å²) in [6.45, 7) is 0. The molecule has 1 N–H and O–H groups in total. The van der Waals surface area contributed by atoms with Crippen molar-refractivity contribution in [2.75, 3.05) is 5.32 Å². The second kappa shape index (κ2) is 6.43. The number of nitrogens with one attached hydrogen (secondary N) is 1. The van der Waals surface area contributed by atoms with E-state index in [0.29, 0.717) is 11.3 Å². The van der Waals surface area contributed by atoms with Crippen LogP contribution in [0.5, 0.6) is 0 Å². The molecule has 0 aliphatic rings. The molecule has 0 unspecified atom stereocenters. The van der Waals surface area contributed by atoms with E-state index in [9.17, 15) is 9.18 Å². The Morgan fingerprint density at radius 1 is 1.00 bits per heavy atom. The van der Waals surface area contributed by atoms with E-state index < -0.39 is 5.82 Å². The third kappa shape index (κ3) is 3.73. The van der Waals surface area contributed by atoms with Crippen LogP contribution < -0.4 is 5.32 Å². The smallest absolute Gasteiger partial charge is 0.255 e. The lowest BCUT2D eigenvalue weighted by Gasteiger charge is -2.08. The van der Waals surface area contributed by atoms with Gasteiger partial charge in [-0.3, -0.25) is 4.79 Å². The first-order valence-electron chi connectivity index (χ1n) is 5.29. The molecule has 0 aliphatic heterocycles. The molecule has 0 aromatic heterocycles. The average Bonchev–Trinajstić information content (AvgIpc) is 2.34. The molecule has 0 heterocycles. The quantitative estimate of drug-likeness (QED) is 0.577. The molecule has 2 rings (SSSR count). The van der Waals surface area contributed by atoms with Crippen LogP contribution in [0.3, 0.4) is 0 Å². The van der Waals surface area contributed by atoms with Gasteiger partial charge < -0.3 is 5.32 Å². The van der Waals surface area contributed by atoms with Gasteiger partial charge in [-0.1, -0.05) is 55.1 Å². The highest BCUT2D eigenvalue weighted by Gasteiger charge is 2.12. The van der Waals surface area contributed by atoms with Gasteiger partial charge in [0.25, 0.3) is 5.91 Å². The lowest BCUT2D eigenvalue weighted by Crippen LogP contribution is -2.12. The van der Waals surface area contributed by atoms with Crippen molar-refractivity contribution in [2.45, 2.75) is 0 Å². The molecule has 104 valence electrons. The Morgan fingerprint density at radius 3 is 2.00 bits per heavy atom. The van der Waals surface area contributed by atoms with Crippen LogP contribution in [-0.2, 0) is 0 Å². The van der Waals surface area contributed by atoms with Gasteiger partial charge in [-0.25, -0.2) is 4.39 Å². The summed E-state index contributed by atoms with van der Waals surface area (Å²) in [4.78, 5) is 12.1. The first-order chi connectivity index (χ1) is 9.36. The lowest BCUT2D eigenvalue weighted by molar-refractivity contribution is 0.102. The molecule has 2 aromatic carbocycles. The van der Waals surface area contributed by atoms with Crippen LogP contribution in [0, 0.1) is 5.82 Å². The molecular formula is C13H6Br2Cl2FNO. The maximum atomic E-state index is 13.3. The molecule has 0 radical (unpaired) electrons. The van der Waals surface area contributed by atoms with Crippen LogP contribution in [0.25, 0.3) is 0 Å². The Balaban J connectivity index is 2.28. The van der Waals surface area contributed by atoms with Crippen LogP contribution in [0.4, 0.5) is 10.1 Å². The summed E-state index contributed by atoms with van der Waals surface area (Å²) in [5.41, 5.74) is 0.755. The minimum absolute atomic E-state index is 0.150. The first-order valence-corrected chi connectivity index (χ1v) is 7.63. The van der Waals surface area contributed by atoms with Gasteiger partial charge in [0.15, 0.2) is 5.82 Å². The van der Waals surface area contributed by atoms with E-state index in [1.807, 2.05) is 6.07 Å². The second-order valence-corrected chi connectivity index (χ2v) is 6.51. The predicted molar refractivity (Wildman–Crippen MR) is 86.2 cm³/mol. The van der Waals surface area contributed by atoms with Gasteiger partial charge in [0, 0.05) is 20.2 Å². The Morgan fingerprint density at radius 2 is 1.50 bits per heavy atom. The number of hydrogen-bond donors (Lipinski definition) is 1. The van der Waals surface area contributed by atoms with Crippen molar-refractivity contribution in [1.29, 1.82) is 0 Å². The van der Waals surface area contributed by atoms with Gasteiger partial charge in [-0.05, 0) is 30.3 Å². The molecule has 20 heavy (non-hydrogen) atoms. The number of amides is 1. The first kappa shape index (κ1) is 15.8. The van der Waals surface area contributed by atoms with E-state index in [2.05, 4.69) is 37.2 Å². The van der Waals surface area contributed by atoms with Crippen molar-refractivity contribution < 1.29 is 9.18 Å². The fraction of sp³-hybridized carbons (Fsp3) is 0. The van der Waals surface area contributed by atoms with E-state index in [4.69, 9.17) is 23.2 Å². The van der Waals surface area contributed by atoms with Gasteiger partial charge in [0.1, 0.15) is 0 Å². The van der Waals surface area contributed by atoms with Crippen LogP contribution in [0.2, 0.25) is 10.0 Å². The Kier molecular flexibility index (Phi) is 5.07. The fourth-order valence-corrected chi connectivity index (χ4v) is 3.30. The number of halogens is 5. The van der Waals surface area contributed by atoms with Crippen molar-refractivity contribution in [3.05, 3.63) is 60.7 Å². The second-order valence-electron chi connectivity index (χ2n) is 3.87. The van der Waals surface area contributed by atoms with E-state index in [-0.39, 0.29) is 16.0 Å². The minimum Gasteiger partial charge on any atom is -0.322 e. The van der Waals surface area contributed by atoms with Crippen LogP contribution >= 0.6 is 55.1 Å². The molecule has 0 spiro atoms. The van der Waals surface area contributed by atoms with Crippen molar-refractivity contribution >= 4 is 66.7 Å². The molecule has 7 heteroatoms.